The number of anilines is 1. The van der Waals surface area contributed by atoms with Gasteiger partial charge in [0.1, 0.15) is 12.3 Å². The largest absolute Gasteiger partial charge is 0.411 e. The van der Waals surface area contributed by atoms with Crippen LogP contribution < -0.4 is 11.1 Å². The summed E-state index contributed by atoms with van der Waals surface area (Å²) in [6.45, 7) is 2.33. The molecule has 0 radical (unpaired) electrons. The number of aryl methyl sites for hydroxylation is 2. The van der Waals surface area contributed by atoms with Crippen LogP contribution in [0.1, 0.15) is 23.1 Å². The Bertz CT molecular complexity index is 471. The number of hydrogen-bond donors (Lipinski definition) is 2. The van der Waals surface area contributed by atoms with Gasteiger partial charge in [0.25, 0.3) is 5.91 Å². The minimum absolute atomic E-state index is 0.0394. The molecule has 1 aromatic rings. The lowest BCUT2D eigenvalue weighted by Gasteiger charge is -2.09. The quantitative estimate of drug-likeness (QED) is 0.770. The van der Waals surface area contributed by atoms with Crippen molar-refractivity contribution in [2.24, 2.45) is 0 Å². The molecule has 0 aliphatic heterocycles. The maximum atomic E-state index is 11.9. The van der Waals surface area contributed by atoms with E-state index < -0.39 is 18.7 Å². The van der Waals surface area contributed by atoms with Crippen LogP contribution in [0.2, 0.25) is 0 Å². The second-order valence-corrected chi connectivity index (χ2v) is 4.09. The summed E-state index contributed by atoms with van der Waals surface area (Å²) in [5.41, 5.74) is 6.75. The molecular formula is C11H17F3N4O2. The molecule has 9 heteroatoms. The van der Waals surface area contributed by atoms with Crippen LogP contribution >= 0.6 is 0 Å². The zero-order valence-corrected chi connectivity index (χ0v) is 11.3. The van der Waals surface area contributed by atoms with E-state index >= 15 is 0 Å². The lowest BCUT2D eigenvalue weighted by Crippen LogP contribution is -2.31. The first-order valence-electron chi connectivity index (χ1n) is 6.01. The fraction of sp³-hybridized carbons (Fsp3) is 0.636. The third-order valence-electron chi connectivity index (χ3n) is 2.49. The Kier molecular flexibility index (Phi) is 5.37. The van der Waals surface area contributed by atoms with E-state index in [4.69, 9.17) is 5.73 Å². The van der Waals surface area contributed by atoms with Crippen molar-refractivity contribution in [3.63, 3.8) is 0 Å². The summed E-state index contributed by atoms with van der Waals surface area (Å²) in [5.74, 6) is -0.486. The summed E-state index contributed by atoms with van der Waals surface area (Å²) in [4.78, 5) is 11.9. The van der Waals surface area contributed by atoms with Crippen LogP contribution in [0.5, 0.6) is 0 Å². The van der Waals surface area contributed by atoms with Gasteiger partial charge in [-0.1, -0.05) is 0 Å². The average Bonchev–Trinajstić information content (AvgIpc) is 2.63. The summed E-state index contributed by atoms with van der Waals surface area (Å²) in [5, 5.41) is 6.52. The molecule has 20 heavy (non-hydrogen) atoms. The van der Waals surface area contributed by atoms with Crippen molar-refractivity contribution in [3.8, 4) is 0 Å². The molecule has 1 amide bonds. The molecule has 0 saturated heterocycles. The Morgan fingerprint density at radius 2 is 2.15 bits per heavy atom. The van der Waals surface area contributed by atoms with Gasteiger partial charge in [-0.25, -0.2) is 0 Å². The van der Waals surface area contributed by atoms with E-state index in [2.05, 4.69) is 15.2 Å². The molecule has 0 saturated carbocycles. The molecule has 0 fully saturated rings. The highest BCUT2D eigenvalue weighted by atomic mass is 19.4. The maximum absolute atomic E-state index is 11.9. The predicted octanol–water partition coefficient (Wildman–Crippen LogP) is 1.10. The molecule has 0 unspecified atom stereocenters. The summed E-state index contributed by atoms with van der Waals surface area (Å²) in [7, 11) is 0. The van der Waals surface area contributed by atoms with Gasteiger partial charge in [0.05, 0.1) is 18.0 Å². The van der Waals surface area contributed by atoms with Crippen molar-refractivity contribution >= 4 is 11.6 Å². The van der Waals surface area contributed by atoms with Gasteiger partial charge in [0.2, 0.25) is 0 Å². The highest BCUT2D eigenvalue weighted by Crippen LogP contribution is 2.16. The van der Waals surface area contributed by atoms with Crippen LogP contribution in [0, 0.1) is 6.92 Å². The number of carbonyl (C=O) groups is 1. The number of nitrogens with two attached hydrogens (primary N) is 1. The smallest absolute Gasteiger partial charge is 0.395 e. The molecular weight excluding hydrogens is 277 g/mol. The zero-order valence-electron chi connectivity index (χ0n) is 11.3. The van der Waals surface area contributed by atoms with Gasteiger partial charge in [-0.2, -0.15) is 18.3 Å². The number of amides is 1. The van der Waals surface area contributed by atoms with Crippen molar-refractivity contribution in [2.45, 2.75) is 26.6 Å². The van der Waals surface area contributed by atoms with Crippen molar-refractivity contribution in [1.82, 2.24) is 15.1 Å². The van der Waals surface area contributed by atoms with E-state index in [1.54, 1.807) is 13.8 Å². The first-order chi connectivity index (χ1) is 9.26. The standard InChI is InChI=1S/C11H17F3N4O2/c1-3-18-9(8(15)7(2)17-18)10(19)16-4-5-20-6-11(12,13)14/h3-6,15H2,1-2H3,(H,16,19). The number of halogens is 3. The van der Waals surface area contributed by atoms with E-state index in [1.165, 1.54) is 4.68 Å². The van der Waals surface area contributed by atoms with Gasteiger partial charge in [-0.3, -0.25) is 9.48 Å². The number of ether oxygens (including phenoxy) is 1. The van der Waals surface area contributed by atoms with E-state index in [9.17, 15) is 18.0 Å². The number of carbonyl (C=O) groups excluding carboxylic acids is 1. The number of rotatable bonds is 6. The summed E-state index contributed by atoms with van der Waals surface area (Å²) < 4.78 is 41.3. The Morgan fingerprint density at radius 3 is 2.70 bits per heavy atom. The van der Waals surface area contributed by atoms with Crippen LogP contribution in [-0.4, -0.2) is 41.6 Å². The SMILES string of the molecule is CCn1nc(C)c(N)c1C(=O)NCCOCC(F)(F)F. The fourth-order valence-electron chi connectivity index (χ4n) is 1.57. The van der Waals surface area contributed by atoms with E-state index in [1.807, 2.05) is 0 Å². The predicted molar refractivity (Wildman–Crippen MR) is 66.3 cm³/mol. The molecule has 0 aliphatic rings. The Labute approximate surface area is 114 Å². The lowest BCUT2D eigenvalue weighted by molar-refractivity contribution is -0.173. The first-order valence-corrected chi connectivity index (χ1v) is 6.01. The Balaban J connectivity index is 2.48. The molecule has 0 atom stereocenters. The maximum Gasteiger partial charge on any atom is 0.411 e. The van der Waals surface area contributed by atoms with Crippen LogP contribution in [0.4, 0.5) is 18.9 Å². The van der Waals surface area contributed by atoms with Crippen molar-refractivity contribution < 1.29 is 22.7 Å². The van der Waals surface area contributed by atoms with E-state index in [0.29, 0.717) is 12.2 Å². The summed E-state index contributed by atoms with van der Waals surface area (Å²) >= 11 is 0. The average molecular weight is 294 g/mol. The molecule has 0 aromatic carbocycles. The molecule has 3 N–H and O–H groups in total. The van der Waals surface area contributed by atoms with E-state index in [-0.39, 0.29) is 24.5 Å². The number of nitrogens with zero attached hydrogens (tertiary/aromatic N) is 2. The normalized spacial score (nSPS) is 11.7. The summed E-state index contributed by atoms with van der Waals surface area (Å²) in [6, 6.07) is 0. The van der Waals surface area contributed by atoms with Gasteiger partial charge in [0.15, 0.2) is 0 Å². The molecule has 6 nitrogen and oxygen atoms in total. The Morgan fingerprint density at radius 1 is 1.50 bits per heavy atom. The van der Waals surface area contributed by atoms with Gasteiger partial charge in [0, 0.05) is 13.1 Å². The van der Waals surface area contributed by atoms with Gasteiger partial charge in [-0.05, 0) is 13.8 Å². The van der Waals surface area contributed by atoms with Crippen molar-refractivity contribution in [3.05, 3.63) is 11.4 Å². The minimum atomic E-state index is -4.37. The number of nitrogens with one attached hydrogen (secondary N) is 1. The number of alkyl halides is 3. The molecule has 1 rings (SSSR count). The van der Waals surface area contributed by atoms with Crippen molar-refractivity contribution in [2.75, 3.05) is 25.5 Å². The molecule has 0 bridgehead atoms. The second-order valence-electron chi connectivity index (χ2n) is 4.09. The monoisotopic (exact) mass is 294 g/mol. The highest BCUT2D eigenvalue weighted by molar-refractivity contribution is 5.97. The number of hydrogen-bond acceptors (Lipinski definition) is 4. The van der Waals surface area contributed by atoms with Crippen LogP contribution in [0.15, 0.2) is 0 Å². The van der Waals surface area contributed by atoms with Gasteiger partial charge >= 0.3 is 6.18 Å². The topological polar surface area (TPSA) is 82.2 Å². The van der Waals surface area contributed by atoms with E-state index in [0.717, 1.165) is 0 Å². The molecule has 1 heterocycles. The number of nitrogen functional groups attached to an aromatic ring is 1. The lowest BCUT2D eigenvalue weighted by atomic mass is 10.3. The first kappa shape index (κ1) is 16.3. The Hall–Kier alpha value is -1.77. The molecule has 0 aliphatic carbocycles. The van der Waals surface area contributed by atoms with Crippen LogP contribution in [0.25, 0.3) is 0 Å². The third kappa shape index (κ3) is 4.41. The van der Waals surface area contributed by atoms with Crippen molar-refractivity contribution in [1.29, 1.82) is 0 Å². The van der Waals surface area contributed by atoms with Crippen LogP contribution in [-0.2, 0) is 11.3 Å². The second kappa shape index (κ2) is 6.60. The van der Waals surface area contributed by atoms with Gasteiger partial charge in [-0.15, -0.1) is 0 Å². The number of aromatic nitrogens is 2. The minimum Gasteiger partial charge on any atom is -0.395 e. The third-order valence-corrected chi connectivity index (χ3v) is 2.49. The molecule has 1 aromatic heterocycles. The van der Waals surface area contributed by atoms with Gasteiger partial charge < -0.3 is 15.8 Å². The summed E-state index contributed by atoms with van der Waals surface area (Å²) in [6.07, 6.45) is -4.37. The highest BCUT2D eigenvalue weighted by Gasteiger charge is 2.27. The fourth-order valence-corrected chi connectivity index (χ4v) is 1.57. The molecule has 114 valence electrons. The van der Waals surface area contributed by atoms with Crippen LogP contribution in [0.3, 0.4) is 0 Å². The molecule has 0 spiro atoms. The zero-order chi connectivity index (χ0) is 15.3.